The van der Waals surface area contributed by atoms with Crippen LogP contribution < -0.4 is 5.32 Å². The van der Waals surface area contributed by atoms with Crippen LogP contribution in [0.2, 0.25) is 0 Å². The normalized spacial score (nSPS) is 13.4. The number of hydrogen-bond acceptors (Lipinski definition) is 4. The molecule has 0 aliphatic carbocycles. The summed E-state index contributed by atoms with van der Waals surface area (Å²) in [5, 5.41) is 7.62. The molecule has 0 saturated carbocycles. The Morgan fingerprint density at radius 3 is 2.50 bits per heavy atom. The number of rotatable bonds is 8. The fraction of sp³-hybridized carbons (Fsp3) is 0.250. The maximum atomic E-state index is 14.3. The zero-order chi connectivity index (χ0) is 24.9. The molecule has 0 bridgehead atoms. The van der Waals surface area contributed by atoms with Crippen LogP contribution in [0.3, 0.4) is 0 Å². The predicted octanol–water partition coefficient (Wildman–Crippen LogP) is 4.29. The highest BCUT2D eigenvalue weighted by Gasteiger charge is 2.29. The monoisotopic (exact) mass is 487 g/mol. The average Bonchev–Trinajstić information content (AvgIpc) is 3.27. The van der Waals surface area contributed by atoms with Crippen molar-refractivity contribution in [1.82, 2.24) is 25.0 Å². The number of nitrogens with zero attached hydrogens (tertiary/aromatic N) is 4. The number of aromatic nitrogens is 3. The summed E-state index contributed by atoms with van der Waals surface area (Å²) in [5.41, 5.74) is 4.14. The van der Waals surface area contributed by atoms with Gasteiger partial charge in [-0.3, -0.25) is 19.4 Å². The molecule has 0 fully saturated rings. The van der Waals surface area contributed by atoms with Crippen LogP contribution in [-0.4, -0.2) is 32.1 Å². The molecule has 4 aromatic rings. The number of halogens is 2. The van der Waals surface area contributed by atoms with Crippen molar-refractivity contribution in [2.75, 3.05) is 6.54 Å². The van der Waals surface area contributed by atoms with Gasteiger partial charge in [0.2, 0.25) is 0 Å². The minimum atomic E-state index is -0.562. The largest absolute Gasteiger partial charge is 0.345 e. The predicted molar refractivity (Wildman–Crippen MR) is 132 cm³/mol. The number of carbonyl (C=O) groups excluding carboxylic acids is 1. The van der Waals surface area contributed by atoms with Gasteiger partial charge in [-0.1, -0.05) is 42.5 Å². The van der Waals surface area contributed by atoms with Gasteiger partial charge in [-0.25, -0.2) is 8.78 Å². The van der Waals surface area contributed by atoms with Crippen LogP contribution in [0.1, 0.15) is 38.6 Å². The van der Waals surface area contributed by atoms with E-state index in [4.69, 9.17) is 5.10 Å². The molecule has 0 saturated heterocycles. The van der Waals surface area contributed by atoms with Crippen molar-refractivity contribution in [3.63, 3.8) is 0 Å². The first-order valence-corrected chi connectivity index (χ1v) is 12.0. The minimum Gasteiger partial charge on any atom is -0.345 e. The van der Waals surface area contributed by atoms with Gasteiger partial charge < -0.3 is 5.32 Å². The lowest BCUT2D eigenvalue weighted by molar-refractivity contribution is 0.0942. The van der Waals surface area contributed by atoms with Crippen molar-refractivity contribution in [1.29, 1.82) is 0 Å². The standard InChI is InChI=1S/C28H27F2N5O/c29-24-10-6-11-25(30)22(24)18-34-15-13-26-23(19-34)27(28(36)32-17-21-9-4-5-14-31-21)33-35(26)16-12-20-7-2-1-3-8-20/h1-11,14H,12-13,15-19H2,(H,32,36). The topological polar surface area (TPSA) is 63.1 Å². The fourth-order valence-corrected chi connectivity index (χ4v) is 4.59. The van der Waals surface area contributed by atoms with Crippen molar-refractivity contribution in [2.45, 2.75) is 39.0 Å². The molecule has 0 spiro atoms. The third-order valence-electron chi connectivity index (χ3n) is 6.48. The number of pyridine rings is 1. The second-order valence-electron chi connectivity index (χ2n) is 8.90. The first-order chi connectivity index (χ1) is 17.6. The summed E-state index contributed by atoms with van der Waals surface area (Å²) < 4.78 is 30.5. The second kappa shape index (κ2) is 10.8. The van der Waals surface area contributed by atoms with Gasteiger partial charge >= 0.3 is 0 Å². The smallest absolute Gasteiger partial charge is 0.272 e. The number of amides is 1. The first-order valence-electron chi connectivity index (χ1n) is 12.0. The molecule has 8 heteroatoms. The van der Waals surface area contributed by atoms with Gasteiger partial charge in [-0.15, -0.1) is 0 Å². The van der Waals surface area contributed by atoms with Crippen LogP contribution in [0.15, 0.2) is 72.9 Å². The van der Waals surface area contributed by atoms with E-state index in [0.29, 0.717) is 31.7 Å². The summed E-state index contributed by atoms with van der Waals surface area (Å²) in [4.78, 5) is 19.4. The molecule has 184 valence electrons. The Bertz CT molecular complexity index is 1320. The van der Waals surface area contributed by atoms with Crippen molar-refractivity contribution >= 4 is 5.91 Å². The van der Waals surface area contributed by atoms with Gasteiger partial charge in [0, 0.05) is 55.6 Å². The van der Waals surface area contributed by atoms with E-state index in [-0.39, 0.29) is 24.6 Å². The Kier molecular flexibility index (Phi) is 7.13. The summed E-state index contributed by atoms with van der Waals surface area (Å²) in [6.45, 7) is 2.06. The van der Waals surface area contributed by atoms with Crippen LogP contribution >= 0.6 is 0 Å². The van der Waals surface area contributed by atoms with Crippen molar-refractivity contribution in [2.24, 2.45) is 0 Å². The Morgan fingerprint density at radius 2 is 1.75 bits per heavy atom. The molecule has 1 amide bonds. The molecule has 2 aromatic carbocycles. The highest BCUT2D eigenvalue weighted by molar-refractivity contribution is 5.94. The van der Waals surface area contributed by atoms with Gasteiger partial charge in [0.15, 0.2) is 5.69 Å². The number of aryl methyl sites for hydroxylation is 2. The van der Waals surface area contributed by atoms with Crippen molar-refractivity contribution in [3.05, 3.63) is 118 Å². The maximum Gasteiger partial charge on any atom is 0.272 e. The summed E-state index contributed by atoms with van der Waals surface area (Å²) in [6.07, 6.45) is 3.11. The SMILES string of the molecule is O=C(NCc1ccccn1)c1nn(CCc2ccccc2)c2c1CN(Cc1c(F)cccc1F)CC2. The molecule has 1 N–H and O–H groups in total. The van der Waals surface area contributed by atoms with E-state index >= 15 is 0 Å². The van der Waals surface area contributed by atoms with Crippen LogP contribution in [0, 0.1) is 11.6 Å². The number of fused-ring (bicyclic) bond motifs is 1. The lowest BCUT2D eigenvalue weighted by Crippen LogP contribution is -2.33. The van der Waals surface area contributed by atoms with E-state index in [1.54, 1.807) is 6.20 Å². The summed E-state index contributed by atoms with van der Waals surface area (Å²) >= 11 is 0. The summed E-state index contributed by atoms with van der Waals surface area (Å²) in [7, 11) is 0. The maximum absolute atomic E-state index is 14.3. The molecule has 1 aliphatic rings. The lowest BCUT2D eigenvalue weighted by Gasteiger charge is -2.28. The zero-order valence-corrected chi connectivity index (χ0v) is 19.8. The van der Waals surface area contributed by atoms with Gasteiger partial charge in [0.1, 0.15) is 11.6 Å². The van der Waals surface area contributed by atoms with E-state index < -0.39 is 11.6 Å². The van der Waals surface area contributed by atoms with Gasteiger partial charge in [-0.05, 0) is 36.2 Å². The molecule has 5 rings (SSSR count). The van der Waals surface area contributed by atoms with Crippen LogP contribution in [0.25, 0.3) is 0 Å². The number of hydrogen-bond donors (Lipinski definition) is 1. The third-order valence-corrected chi connectivity index (χ3v) is 6.48. The Balaban J connectivity index is 1.38. The minimum absolute atomic E-state index is 0.0403. The molecule has 0 atom stereocenters. The number of benzene rings is 2. The molecule has 3 heterocycles. The van der Waals surface area contributed by atoms with Crippen LogP contribution in [-0.2, 0) is 39.0 Å². The van der Waals surface area contributed by atoms with Gasteiger partial charge in [0.05, 0.1) is 12.2 Å². The highest BCUT2D eigenvalue weighted by atomic mass is 19.1. The van der Waals surface area contributed by atoms with Crippen molar-refractivity contribution < 1.29 is 13.6 Å². The molecule has 1 aliphatic heterocycles. The Morgan fingerprint density at radius 1 is 0.972 bits per heavy atom. The Labute approximate surface area is 208 Å². The van der Waals surface area contributed by atoms with E-state index in [0.717, 1.165) is 23.4 Å². The quantitative estimate of drug-likeness (QED) is 0.403. The molecule has 2 aromatic heterocycles. The summed E-state index contributed by atoms with van der Waals surface area (Å²) in [6, 6.07) is 19.6. The molecule has 36 heavy (non-hydrogen) atoms. The summed E-state index contributed by atoms with van der Waals surface area (Å²) in [5.74, 6) is -1.41. The Hall–Kier alpha value is -3.91. The van der Waals surface area contributed by atoms with Gasteiger partial charge in [-0.2, -0.15) is 5.10 Å². The van der Waals surface area contributed by atoms with E-state index in [1.165, 1.54) is 23.8 Å². The van der Waals surface area contributed by atoms with Gasteiger partial charge in [0.25, 0.3) is 5.91 Å². The molecule has 0 unspecified atom stereocenters. The molecule has 6 nitrogen and oxygen atoms in total. The highest BCUT2D eigenvalue weighted by Crippen LogP contribution is 2.26. The number of carbonyl (C=O) groups is 1. The van der Waals surface area contributed by atoms with E-state index in [1.807, 2.05) is 46.0 Å². The third kappa shape index (κ3) is 5.33. The molecule has 0 radical (unpaired) electrons. The van der Waals surface area contributed by atoms with Crippen LogP contribution in [0.5, 0.6) is 0 Å². The fourth-order valence-electron chi connectivity index (χ4n) is 4.59. The van der Waals surface area contributed by atoms with E-state index in [9.17, 15) is 13.6 Å². The zero-order valence-electron chi connectivity index (χ0n) is 19.8. The lowest BCUT2D eigenvalue weighted by atomic mass is 10.0. The van der Waals surface area contributed by atoms with Crippen molar-refractivity contribution in [3.8, 4) is 0 Å². The first kappa shape index (κ1) is 23.8. The number of nitrogens with one attached hydrogen (secondary N) is 1. The van der Waals surface area contributed by atoms with Crippen LogP contribution in [0.4, 0.5) is 8.78 Å². The van der Waals surface area contributed by atoms with E-state index in [2.05, 4.69) is 22.4 Å². The second-order valence-corrected chi connectivity index (χ2v) is 8.90. The molecular formula is C28H27F2N5O. The molecular weight excluding hydrogens is 460 g/mol. The average molecular weight is 488 g/mol.